The zero-order chi connectivity index (χ0) is 8.72. The molecule has 2 atom stereocenters. The number of nitrogens with one attached hydrogen (secondary N) is 1. The van der Waals surface area contributed by atoms with E-state index in [1.54, 1.807) is 7.05 Å². The first-order valence-corrected chi connectivity index (χ1v) is 4.29. The molecule has 1 aliphatic carbocycles. The third kappa shape index (κ3) is 0.838. The van der Waals surface area contributed by atoms with E-state index < -0.39 is 0 Å². The second kappa shape index (κ2) is 2.47. The van der Waals surface area contributed by atoms with Crippen LogP contribution in [0.3, 0.4) is 0 Å². The van der Waals surface area contributed by atoms with Crippen LogP contribution in [-0.2, 0) is 4.79 Å². The average molecular weight is 168 g/mol. The topological polar surface area (TPSA) is 49.4 Å². The molecule has 0 aromatic heterocycles. The third-order valence-electron chi connectivity index (χ3n) is 2.79. The van der Waals surface area contributed by atoms with Gasteiger partial charge in [0.1, 0.15) is 0 Å². The number of carbonyl (C=O) groups excluding carboxylic acids is 2. The maximum absolute atomic E-state index is 11.4. The summed E-state index contributed by atoms with van der Waals surface area (Å²) in [4.78, 5) is 24.0. The quantitative estimate of drug-likeness (QED) is 0.567. The lowest BCUT2D eigenvalue weighted by molar-refractivity contribution is -0.130. The van der Waals surface area contributed by atoms with Crippen molar-refractivity contribution in [3.8, 4) is 0 Å². The van der Waals surface area contributed by atoms with Crippen LogP contribution in [0.4, 0.5) is 4.79 Å². The summed E-state index contributed by atoms with van der Waals surface area (Å²) in [7, 11) is 1.56. The summed E-state index contributed by atoms with van der Waals surface area (Å²) in [6, 6.07) is -0.0605. The van der Waals surface area contributed by atoms with E-state index in [0.29, 0.717) is 0 Å². The van der Waals surface area contributed by atoms with Gasteiger partial charge >= 0.3 is 6.03 Å². The fourth-order valence-corrected chi connectivity index (χ4v) is 2.18. The number of likely N-dealkylation sites (tertiary alicyclic amines) is 1. The minimum Gasteiger partial charge on any atom is -0.341 e. The molecule has 2 rings (SSSR count). The summed E-state index contributed by atoms with van der Waals surface area (Å²) < 4.78 is 0. The molecule has 1 heterocycles. The Hall–Kier alpha value is -1.06. The molecule has 1 aliphatic heterocycles. The average Bonchev–Trinajstić information content (AvgIpc) is 2.63. The van der Waals surface area contributed by atoms with Crippen LogP contribution in [0.2, 0.25) is 0 Å². The number of hydrogen-bond acceptors (Lipinski definition) is 2. The van der Waals surface area contributed by atoms with Crippen molar-refractivity contribution in [2.45, 2.75) is 25.3 Å². The smallest absolute Gasteiger partial charge is 0.324 e. The van der Waals surface area contributed by atoms with Gasteiger partial charge in [0, 0.05) is 19.0 Å². The first kappa shape index (κ1) is 7.58. The number of nitrogens with zero attached hydrogens (tertiary/aromatic N) is 1. The van der Waals surface area contributed by atoms with Crippen molar-refractivity contribution in [3.63, 3.8) is 0 Å². The minimum atomic E-state index is -0.243. The molecule has 12 heavy (non-hydrogen) atoms. The molecule has 1 saturated carbocycles. The molecule has 1 N–H and O–H groups in total. The SMILES string of the molecule is CNC(=O)N1C(=O)[C@@H]2CC[C@H]1C2. The van der Waals surface area contributed by atoms with E-state index in [9.17, 15) is 9.59 Å². The largest absolute Gasteiger partial charge is 0.341 e. The van der Waals surface area contributed by atoms with Crippen LogP contribution in [0.5, 0.6) is 0 Å². The number of fused-ring (bicyclic) bond motifs is 2. The van der Waals surface area contributed by atoms with Gasteiger partial charge in [0.15, 0.2) is 0 Å². The lowest BCUT2D eigenvalue weighted by Gasteiger charge is -2.24. The number of hydrogen-bond donors (Lipinski definition) is 1. The highest BCUT2D eigenvalue weighted by Gasteiger charge is 2.47. The maximum Gasteiger partial charge on any atom is 0.324 e. The number of urea groups is 1. The van der Waals surface area contributed by atoms with Crippen LogP contribution in [0.1, 0.15) is 19.3 Å². The molecule has 4 nitrogen and oxygen atoms in total. The zero-order valence-corrected chi connectivity index (χ0v) is 7.04. The van der Waals surface area contributed by atoms with Crippen molar-refractivity contribution < 1.29 is 9.59 Å². The Labute approximate surface area is 70.9 Å². The number of carbonyl (C=O) groups is 2. The summed E-state index contributed by atoms with van der Waals surface area (Å²) in [6.45, 7) is 0. The van der Waals surface area contributed by atoms with Crippen molar-refractivity contribution >= 4 is 11.9 Å². The number of imide groups is 1. The van der Waals surface area contributed by atoms with E-state index in [1.807, 2.05) is 0 Å². The molecule has 66 valence electrons. The summed E-state index contributed by atoms with van der Waals surface area (Å²) in [5.74, 6) is 0.151. The van der Waals surface area contributed by atoms with Crippen molar-refractivity contribution in [2.24, 2.45) is 5.92 Å². The molecule has 0 unspecified atom stereocenters. The van der Waals surface area contributed by atoms with Crippen molar-refractivity contribution in [1.29, 1.82) is 0 Å². The molecule has 0 spiro atoms. The molecule has 4 heteroatoms. The van der Waals surface area contributed by atoms with Crippen LogP contribution in [0.15, 0.2) is 0 Å². The molecule has 2 fully saturated rings. The first-order chi connectivity index (χ1) is 5.74. The van der Waals surface area contributed by atoms with E-state index in [2.05, 4.69) is 5.32 Å². The number of rotatable bonds is 0. The third-order valence-corrected chi connectivity index (χ3v) is 2.79. The Bertz CT molecular complexity index is 239. The highest BCUT2D eigenvalue weighted by molar-refractivity contribution is 5.98. The van der Waals surface area contributed by atoms with Gasteiger partial charge in [-0.1, -0.05) is 0 Å². The minimum absolute atomic E-state index is 0.0191. The summed E-state index contributed by atoms with van der Waals surface area (Å²) in [6.07, 6.45) is 2.84. The van der Waals surface area contributed by atoms with Gasteiger partial charge in [0.25, 0.3) is 0 Å². The highest BCUT2D eigenvalue weighted by Crippen LogP contribution is 2.38. The van der Waals surface area contributed by atoms with Crippen LogP contribution in [-0.4, -0.2) is 29.9 Å². The Morgan fingerprint density at radius 1 is 1.58 bits per heavy atom. The van der Waals surface area contributed by atoms with Crippen LogP contribution in [0.25, 0.3) is 0 Å². The van der Waals surface area contributed by atoms with Gasteiger partial charge in [0.05, 0.1) is 0 Å². The Kier molecular flexibility index (Phi) is 1.56. The molecular weight excluding hydrogens is 156 g/mol. The Morgan fingerprint density at radius 3 is 2.83 bits per heavy atom. The maximum atomic E-state index is 11.4. The Balaban J connectivity index is 2.17. The van der Waals surface area contributed by atoms with E-state index in [0.717, 1.165) is 19.3 Å². The van der Waals surface area contributed by atoms with Gasteiger partial charge in [-0.15, -0.1) is 0 Å². The van der Waals surface area contributed by atoms with Gasteiger partial charge in [-0.3, -0.25) is 9.69 Å². The lowest BCUT2D eigenvalue weighted by atomic mass is 10.1. The molecule has 0 radical (unpaired) electrons. The summed E-state index contributed by atoms with van der Waals surface area (Å²) in [5.41, 5.74) is 0. The van der Waals surface area contributed by atoms with E-state index in [4.69, 9.17) is 0 Å². The van der Waals surface area contributed by atoms with E-state index >= 15 is 0 Å². The summed E-state index contributed by atoms with van der Waals surface area (Å²) >= 11 is 0. The van der Waals surface area contributed by atoms with Crippen LogP contribution in [0, 0.1) is 5.92 Å². The van der Waals surface area contributed by atoms with Gasteiger partial charge in [0.2, 0.25) is 5.91 Å². The van der Waals surface area contributed by atoms with Gasteiger partial charge in [-0.05, 0) is 19.3 Å². The highest BCUT2D eigenvalue weighted by atomic mass is 16.2. The van der Waals surface area contributed by atoms with Crippen molar-refractivity contribution in [1.82, 2.24) is 10.2 Å². The van der Waals surface area contributed by atoms with E-state index in [1.165, 1.54) is 4.90 Å². The molecular formula is C8H12N2O2. The first-order valence-electron chi connectivity index (χ1n) is 4.29. The molecule has 0 aromatic carbocycles. The molecule has 0 aromatic rings. The molecule has 1 saturated heterocycles. The zero-order valence-electron chi connectivity index (χ0n) is 7.04. The second-order valence-corrected chi connectivity index (χ2v) is 3.43. The van der Waals surface area contributed by atoms with Crippen LogP contribution >= 0.6 is 0 Å². The van der Waals surface area contributed by atoms with Gasteiger partial charge in [-0.2, -0.15) is 0 Å². The molecule has 2 bridgehead atoms. The second-order valence-electron chi connectivity index (χ2n) is 3.43. The molecule has 3 amide bonds. The monoisotopic (exact) mass is 168 g/mol. The van der Waals surface area contributed by atoms with Crippen molar-refractivity contribution in [2.75, 3.05) is 7.05 Å². The standard InChI is InChI=1S/C8H12N2O2/c1-9-8(12)10-6-3-2-5(4-6)7(10)11/h5-6H,2-4H2,1H3,(H,9,12)/t5-,6+/m1/s1. The van der Waals surface area contributed by atoms with Crippen molar-refractivity contribution in [3.05, 3.63) is 0 Å². The summed E-state index contributed by atoms with van der Waals surface area (Å²) in [5, 5.41) is 2.49. The van der Waals surface area contributed by atoms with Gasteiger partial charge in [-0.25, -0.2) is 4.79 Å². The predicted octanol–water partition coefficient (Wildman–Crippen LogP) is 0.337. The number of piperidine rings is 1. The predicted molar refractivity (Wildman–Crippen MR) is 42.4 cm³/mol. The number of amides is 3. The molecule has 2 aliphatic rings. The Morgan fingerprint density at radius 2 is 2.33 bits per heavy atom. The fourth-order valence-electron chi connectivity index (χ4n) is 2.18. The van der Waals surface area contributed by atoms with E-state index in [-0.39, 0.29) is 23.9 Å². The van der Waals surface area contributed by atoms with Crippen LogP contribution < -0.4 is 5.32 Å². The lowest BCUT2D eigenvalue weighted by Crippen LogP contribution is -2.46. The normalized spacial score (nSPS) is 32.8. The van der Waals surface area contributed by atoms with Gasteiger partial charge < -0.3 is 5.32 Å². The fraction of sp³-hybridized carbons (Fsp3) is 0.750.